The van der Waals surface area contributed by atoms with Crippen LogP contribution in [0.2, 0.25) is 0 Å². The molecule has 0 fully saturated rings. The fourth-order valence-electron chi connectivity index (χ4n) is 11.0. The first kappa shape index (κ1) is 53.5. The van der Waals surface area contributed by atoms with E-state index in [0.717, 1.165) is 91.5 Å². The van der Waals surface area contributed by atoms with Gasteiger partial charge < -0.3 is 20.6 Å². The molecule has 6 aromatic carbocycles. The summed E-state index contributed by atoms with van der Waals surface area (Å²) in [4.78, 5) is 36.6. The number of para-hydroxylation sites is 2. The number of anilines is 4. The maximum atomic E-state index is 14.7. The second-order valence-corrected chi connectivity index (χ2v) is 24.5. The Hall–Kier alpha value is -9.14. The minimum Gasteiger partial charge on any atom is -0.382 e. The van der Waals surface area contributed by atoms with Gasteiger partial charge in [0.05, 0.1) is 44.9 Å². The van der Waals surface area contributed by atoms with Gasteiger partial charge in [-0.2, -0.15) is 0 Å². The van der Waals surface area contributed by atoms with Crippen LogP contribution in [0.15, 0.2) is 169 Å². The van der Waals surface area contributed by atoms with Crippen molar-refractivity contribution < 1.29 is 16.8 Å². The lowest BCUT2D eigenvalue weighted by Gasteiger charge is -2.25. The van der Waals surface area contributed by atoms with Crippen molar-refractivity contribution in [3.05, 3.63) is 181 Å². The van der Waals surface area contributed by atoms with Crippen LogP contribution >= 0.6 is 0 Å². The largest absolute Gasteiger partial charge is 0.382 e. The van der Waals surface area contributed by atoms with E-state index in [9.17, 15) is 16.8 Å². The SMILES string of the molecule is Cc1ccc(S(=O)(=O)N(CCCn2cnc3c(N)ncnc32)c2ccc3c(c2)c(CCCCCCc2nc4ccccc4c4ccc(N(CCCn5cnc6c(N)ncnc65)S(=O)(=O)c5ccc(C)cc5)cc24)nc2ccccc23)cc1. The van der Waals surface area contributed by atoms with E-state index in [-0.39, 0.29) is 34.5 Å². The number of imidazole rings is 2. The summed E-state index contributed by atoms with van der Waals surface area (Å²) in [6, 6.07) is 41.9. The van der Waals surface area contributed by atoms with Crippen LogP contribution in [0, 0.1) is 13.8 Å². The molecule has 6 aromatic heterocycles. The van der Waals surface area contributed by atoms with Gasteiger partial charge in [-0.1, -0.05) is 96.8 Å². The number of benzene rings is 6. The third-order valence-electron chi connectivity index (χ3n) is 15.3. The molecule has 82 heavy (non-hydrogen) atoms. The molecule has 0 aliphatic heterocycles. The van der Waals surface area contributed by atoms with E-state index in [4.69, 9.17) is 21.4 Å². The number of unbranched alkanes of at least 4 members (excludes halogenated alkanes) is 3. The van der Waals surface area contributed by atoms with Crippen LogP contribution in [-0.2, 0) is 46.0 Å². The Labute approximate surface area is 474 Å². The van der Waals surface area contributed by atoms with E-state index in [2.05, 4.69) is 42.0 Å². The number of fused-ring (bicyclic) bond motifs is 8. The lowest BCUT2D eigenvalue weighted by Crippen LogP contribution is -2.32. The molecule has 0 saturated carbocycles. The van der Waals surface area contributed by atoms with Crippen LogP contribution in [0.4, 0.5) is 23.0 Å². The molecule has 0 aliphatic rings. The molecule has 18 nitrogen and oxygen atoms in total. The Morgan fingerprint density at radius 3 is 1.28 bits per heavy atom. The van der Waals surface area contributed by atoms with Crippen molar-refractivity contribution in [2.24, 2.45) is 0 Å². The molecule has 0 spiro atoms. The Balaban J connectivity index is 0.798. The van der Waals surface area contributed by atoms with Crippen LogP contribution in [0.5, 0.6) is 0 Å². The molecule has 0 radical (unpaired) electrons. The fourth-order valence-corrected chi connectivity index (χ4v) is 14.0. The van der Waals surface area contributed by atoms with Crippen LogP contribution in [0.1, 0.15) is 61.0 Å². The highest BCUT2D eigenvalue weighted by Gasteiger charge is 2.28. The molecule has 0 unspecified atom stereocenters. The van der Waals surface area contributed by atoms with Crippen molar-refractivity contribution in [2.45, 2.75) is 88.1 Å². The van der Waals surface area contributed by atoms with Gasteiger partial charge >= 0.3 is 0 Å². The second kappa shape index (κ2) is 22.4. The van der Waals surface area contributed by atoms with Gasteiger partial charge in [-0.3, -0.25) is 18.6 Å². The second-order valence-electron chi connectivity index (χ2n) is 20.8. The van der Waals surface area contributed by atoms with E-state index in [1.165, 1.54) is 21.3 Å². The molecule has 0 bridgehead atoms. The highest BCUT2D eigenvalue weighted by atomic mass is 32.2. The summed E-state index contributed by atoms with van der Waals surface area (Å²) in [6.45, 7) is 5.13. The van der Waals surface area contributed by atoms with Crippen LogP contribution in [-0.4, -0.2) is 78.9 Å². The molecule has 0 aliphatic carbocycles. The molecule has 6 heterocycles. The number of sulfonamides is 2. The molecule has 0 saturated heterocycles. The minimum absolute atomic E-state index is 0.184. The van der Waals surface area contributed by atoms with Crippen LogP contribution < -0.4 is 20.1 Å². The number of hydrogen-bond acceptors (Lipinski definition) is 14. The monoisotopic (exact) mass is 1130 g/mol. The number of nitrogens with zero attached hydrogens (tertiary/aromatic N) is 12. The molecular formula is C62H60N14O4S2. The predicted molar refractivity (Wildman–Crippen MR) is 325 cm³/mol. The number of nitrogens with two attached hydrogens (primary N) is 2. The number of pyridine rings is 2. The Bertz CT molecular complexity index is 4300. The summed E-state index contributed by atoms with van der Waals surface area (Å²) >= 11 is 0. The Morgan fingerprint density at radius 1 is 0.439 bits per heavy atom. The van der Waals surface area contributed by atoms with Gasteiger partial charge in [-0.15, -0.1) is 0 Å². The minimum atomic E-state index is -4.01. The lowest BCUT2D eigenvalue weighted by atomic mass is 9.98. The summed E-state index contributed by atoms with van der Waals surface area (Å²) in [7, 11) is -8.02. The fraction of sp³-hybridized carbons (Fsp3) is 0.226. The third kappa shape index (κ3) is 10.5. The van der Waals surface area contributed by atoms with E-state index in [1.807, 2.05) is 120 Å². The summed E-state index contributed by atoms with van der Waals surface area (Å²) < 4.78 is 65.6. The first-order valence-corrected chi connectivity index (χ1v) is 30.3. The van der Waals surface area contributed by atoms with E-state index in [0.29, 0.717) is 72.5 Å². The van der Waals surface area contributed by atoms with Gasteiger partial charge in [0.2, 0.25) is 0 Å². The van der Waals surface area contributed by atoms with Gasteiger partial charge in [0.15, 0.2) is 22.9 Å². The molecule has 12 rings (SSSR count). The van der Waals surface area contributed by atoms with Crippen molar-refractivity contribution in [1.29, 1.82) is 0 Å². The van der Waals surface area contributed by atoms with E-state index >= 15 is 0 Å². The molecule has 12 aromatic rings. The molecule has 0 amide bonds. The average Bonchev–Trinajstić information content (AvgIpc) is 3.96. The zero-order valence-electron chi connectivity index (χ0n) is 45.5. The summed E-state index contributed by atoms with van der Waals surface area (Å²) in [5.74, 6) is 0.574. The van der Waals surface area contributed by atoms with Crippen molar-refractivity contribution in [3.63, 3.8) is 0 Å². The van der Waals surface area contributed by atoms with E-state index < -0.39 is 20.0 Å². The number of nitrogen functional groups attached to an aromatic ring is 2. The number of hydrogen-bond donors (Lipinski definition) is 2. The lowest BCUT2D eigenvalue weighted by molar-refractivity contribution is 0.582. The van der Waals surface area contributed by atoms with Gasteiger partial charge in [0.1, 0.15) is 23.7 Å². The molecule has 414 valence electrons. The maximum Gasteiger partial charge on any atom is 0.264 e. The number of aromatic nitrogens is 10. The molecule has 0 atom stereocenters. The average molecular weight is 1130 g/mol. The van der Waals surface area contributed by atoms with Gasteiger partial charge in [-0.25, -0.2) is 46.7 Å². The summed E-state index contributed by atoms with van der Waals surface area (Å²) in [5, 5.41) is 5.81. The Kier molecular flexibility index (Phi) is 14.6. The standard InChI is InChI=1S/C62H60N14O4S2/c1-41-19-25-45(26-20-41)81(77,78)75(33-11-31-73-39-69-57-59(63)65-37-67-61(57)73)43-23-29-47-49-13-7-9-17-53(49)71-55(51(47)35-43)15-5-3-4-6-16-56-52-36-44(24-30-48(52)50-14-8-10-18-54(50)72-56)76(82(79,80)46-27-21-42(2)22-28-46)34-12-32-74-40-70-58-60(64)66-38-68-62(58)74/h7-10,13-14,17-30,35-40H,3-6,11-12,15-16,31-34H2,1-2H3,(H2,63,65,67)(H2,64,66,68). The normalized spacial score (nSPS) is 12.2. The molecule has 20 heteroatoms. The smallest absolute Gasteiger partial charge is 0.264 e. The summed E-state index contributed by atoms with van der Waals surface area (Å²) in [6.07, 6.45) is 11.9. The van der Waals surface area contributed by atoms with Crippen LogP contribution in [0.3, 0.4) is 0 Å². The predicted octanol–water partition coefficient (Wildman–Crippen LogP) is 11.1. The topological polar surface area (TPSA) is 240 Å². The van der Waals surface area contributed by atoms with Crippen LogP contribution in [0.25, 0.3) is 65.7 Å². The van der Waals surface area contributed by atoms with Crippen molar-refractivity contribution in [1.82, 2.24) is 49.0 Å². The van der Waals surface area contributed by atoms with Gasteiger partial charge in [0, 0.05) is 59.1 Å². The maximum absolute atomic E-state index is 14.7. The molecular weight excluding hydrogens is 1070 g/mol. The highest BCUT2D eigenvalue weighted by molar-refractivity contribution is 7.93. The molecule has 4 N–H and O–H groups in total. The van der Waals surface area contributed by atoms with Crippen molar-refractivity contribution >= 4 is 109 Å². The highest BCUT2D eigenvalue weighted by Crippen LogP contribution is 2.36. The number of aryl methyl sites for hydroxylation is 6. The number of rotatable bonds is 21. The first-order chi connectivity index (χ1) is 39.8. The first-order valence-electron chi connectivity index (χ1n) is 27.5. The van der Waals surface area contributed by atoms with E-state index in [1.54, 1.807) is 36.9 Å². The summed E-state index contributed by atoms with van der Waals surface area (Å²) in [5.41, 5.74) is 20.9. The van der Waals surface area contributed by atoms with Gasteiger partial charge in [0.25, 0.3) is 20.0 Å². The quantitative estimate of drug-likeness (QED) is 0.0503. The zero-order valence-corrected chi connectivity index (χ0v) is 47.1. The zero-order chi connectivity index (χ0) is 56.5. The third-order valence-corrected chi connectivity index (χ3v) is 19.0. The van der Waals surface area contributed by atoms with Gasteiger partial charge in [-0.05, 0) is 124 Å². The Morgan fingerprint density at radius 2 is 0.854 bits per heavy atom. The van der Waals surface area contributed by atoms with Crippen molar-refractivity contribution in [3.8, 4) is 0 Å². The van der Waals surface area contributed by atoms with Crippen molar-refractivity contribution in [2.75, 3.05) is 33.2 Å².